The maximum absolute atomic E-state index is 13.4. The molecule has 10 heteroatoms. The van der Waals surface area contributed by atoms with Crippen LogP contribution in [0.3, 0.4) is 0 Å². The third kappa shape index (κ3) is 3.56. The van der Waals surface area contributed by atoms with E-state index in [1.54, 1.807) is 30.3 Å². The summed E-state index contributed by atoms with van der Waals surface area (Å²) in [5.41, 5.74) is -1.19. The van der Waals surface area contributed by atoms with E-state index in [-0.39, 0.29) is 6.42 Å². The van der Waals surface area contributed by atoms with E-state index in [1.165, 1.54) is 14.1 Å². The largest absolute Gasteiger partial charge is 0.394 e. The zero-order chi connectivity index (χ0) is 23.1. The van der Waals surface area contributed by atoms with Gasteiger partial charge in [-0.1, -0.05) is 36.9 Å². The van der Waals surface area contributed by atoms with Crippen LogP contribution in [-0.4, -0.2) is 99.3 Å². The van der Waals surface area contributed by atoms with Crippen molar-refractivity contribution < 1.29 is 39.5 Å². The van der Waals surface area contributed by atoms with Gasteiger partial charge in [-0.05, 0) is 17.6 Å². The molecule has 1 aromatic rings. The molecule has 168 valence electrons. The molecule has 0 bridgehead atoms. The van der Waals surface area contributed by atoms with Crippen molar-refractivity contribution in [3.8, 4) is 0 Å². The average molecular weight is 434 g/mol. The lowest BCUT2D eigenvalue weighted by Gasteiger charge is -2.51. The lowest BCUT2D eigenvalue weighted by molar-refractivity contribution is -0.254. The van der Waals surface area contributed by atoms with Gasteiger partial charge in [-0.25, -0.2) is 4.79 Å². The summed E-state index contributed by atoms with van der Waals surface area (Å²) < 4.78 is 5.63. The van der Waals surface area contributed by atoms with Crippen LogP contribution in [0.2, 0.25) is 0 Å². The number of carbonyl (C=O) groups is 3. The van der Waals surface area contributed by atoms with Crippen LogP contribution in [0, 0.1) is 5.41 Å². The van der Waals surface area contributed by atoms with E-state index < -0.39 is 60.4 Å². The number of benzene rings is 1. The lowest BCUT2D eigenvalue weighted by atomic mass is 9.68. The molecule has 31 heavy (non-hydrogen) atoms. The number of imide groups is 2. The van der Waals surface area contributed by atoms with Gasteiger partial charge in [0.15, 0.2) is 5.41 Å². The van der Waals surface area contributed by atoms with Crippen molar-refractivity contribution in [1.29, 1.82) is 0 Å². The van der Waals surface area contributed by atoms with Crippen molar-refractivity contribution in [3.63, 3.8) is 0 Å². The Balaban J connectivity index is 2.14. The summed E-state index contributed by atoms with van der Waals surface area (Å²) in [6.45, 7) is 3.24. The van der Waals surface area contributed by atoms with Crippen molar-refractivity contribution in [3.05, 3.63) is 42.5 Å². The van der Waals surface area contributed by atoms with Crippen LogP contribution >= 0.6 is 0 Å². The van der Waals surface area contributed by atoms with Gasteiger partial charge in [0.1, 0.15) is 30.5 Å². The van der Waals surface area contributed by atoms with Crippen molar-refractivity contribution in [2.24, 2.45) is 5.41 Å². The fourth-order valence-electron chi connectivity index (χ4n) is 4.21. The fourth-order valence-corrected chi connectivity index (χ4v) is 4.21. The Morgan fingerprint density at radius 3 is 2.06 bits per heavy atom. The van der Waals surface area contributed by atoms with Crippen LogP contribution in [0.15, 0.2) is 36.9 Å². The molecule has 2 heterocycles. The van der Waals surface area contributed by atoms with E-state index >= 15 is 0 Å². The predicted molar refractivity (Wildman–Crippen MR) is 107 cm³/mol. The van der Waals surface area contributed by atoms with Gasteiger partial charge >= 0.3 is 6.03 Å². The van der Waals surface area contributed by atoms with Gasteiger partial charge in [0.2, 0.25) is 11.8 Å². The Morgan fingerprint density at radius 2 is 1.55 bits per heavy atom. The van der Waals surface area contributed by atoms with E-state index in [0.29, 0.717) is 11.1 Å². The number of aliphatic hydroxyl groups excluding tert-OH is 4. The zero-order valence-electron chi connectivity index (χ0n) is 17.2. The molecule has 4 N–H and O–H groups in total. The van der Waals surface area contributed by atoms with Crippen LogP contribution in [0.4, 0.5) is 4.79 Å². The number of allylic oxidation sites excluding steroid dienone is 1. The van der Waals surface area contributed by atoms with Crippen molar-refractivity contribution in [2.45, 2.75) is 36.9 Å². The highest BCUT2D eigenvalue weighted by Crippen LogP contribution is 2.45. The molecule has 0 saturated carbocycles. The number of barbiturate groups is 1. The third-order valence-corrected chi connectivity index (χ3v) is 6.00. The second-order valence-corrected chi connectivity index (χ2v) is 7.88. The maximum atomic E-state index is 13.4. The molecule has 0 aliphatic carbocycles. The number of hydrogen-bond donors (Lipinski definition) is 4. The summed E-state index contributed by atoms with van der Waals surface area (Å²) in [4.78, 5) is 40.7. The van der Waals surface area contributed by atoms with Gasteiger partial charge in [0.25, 0.3) is 0 Å². The highest BCUT2D eigenvalue weighted by atomic mass is 16.5. The summed E-state index contributed by atoms with van der Waals surface area (Å²) in [5.74, 6) is -1.89. The van der Waals surface area contributed by atoms with Crippen LogP contribution in [0.1, 0.15) is 12.0 Å². The Morgan fingerprint density at radius 1 is 1.00 bits per heavy atom. The quantitative estimate of drug-likeness (QED) is 0.430. The summed E-state index contributed by atoms with van der Waals surface area (Å²) in [7, 11) is 2.38. The Kier molecular flexibility index (Phi) is 6.30. The standard InChI is InChI=1S/C21H26N2O8/c1-11(12-7-5-4-6-8-12)9-21(18(28)22(2)20(30)23(3)19(21)29)17-16(27)15(26)14(25)13(10-24)31-17/h4-8,13-17,24-27H,1,9-10H2,2-3H3/t13-,14-,15+,16-,17-/m1/s1. The first-order valence-corrected chi connectivity index (χ1v) is 9.72. The Labute approximate surface area is 178 Å². The van der Waals surface area contributed by atoms with E-state index in [4.69, 9.17) is 4.74 Å². The fraction of sp³-hybridized carbons (Fsp3) is 0.476. The molecular weight excluding hydrogens is 408 g/mol. The number of amides is 4. The van der Waals surface area contributed by atoms with Crippen molar-refractivity contribution in [1.82, 2.24) is 9.80 Å². The number of urea groups is 1. The number of aliphatic hydroxyl groups is 4. The monoisotopic (exact) mass is 434 g/mol. The average Bonchev–Trinajstić information content (AvgIpc) is 2.78. The van der Waals surface area contributed by atoms with Gasteiger partial charge in [0, 0.05) is 14.1 Å². The lowest BCUT2D eigenvalue weighted by Crippen LogP contribution is -2.72. The van der Waals surface area contributed by atoms with E-state index in [0.717, 1.165) is 9.80 Å². The summed E-state index contributed by atoms with van der Waals surface area (Å²) in [6, 6.07) is 7.85. The highest BCUT2D eigenvalue weighted by molar-refractivity contribution is 6.20. The van der Waals surface area contributed by atoms with Crippen molar-refractivity contribution >= 4 is 23.4 Å². The van der Waals surface area contributed by atoms with Gasteiger partial charge in [-0.15, -0.1) is 0 Å². The molecule has 2 saturated heterocycles. The first-order chi connectivity index (χ1) is 14.6. The first kappa shape index (κ1) is 23.0. The first-order valence-electron chi connectivity index (χ1n) is 9.72. The molecule has 3 rings (SSSR count). The van der Waals surface area contributed by atoms with Gasteiger partial charge in [0.05, 0.1) is 6.61 Å². The second kappa shape index (κ2) is 8.48. The van der Waals surface area contributed by atoms with Crippen molar-refractivity contribution in [2.75, 3.05) is 20.7 Å². The molecule has 2 fully saturated rings. The van der Waals surface area contributed by atoms with E-state index in [1.807, 2.05) is 0 Å². The highest BCUT2D eigenvalue weighted by Gasteiger charge is 2.65. The molecule has 2 aliphatic heterocycles. The molecule has 1 aromatic carbocycles. The molecule has 0 unspecified atom stereocenters. The van der Waals surface area contributed by atoms with E-state index in [2.05, 4.69) is 6.58 Å². The van der Waals surface area contributed by atoms with Crippen LogP contribution in [0.5, 0.6) is 0 Å². The van der Waals surface area contributed by atoms with Gasteiger partial charge < -0.3 is 25.2 Å². The number of nitrogens with zero attached hydrogens (tertiary/aromatic N) is 2. The normalized spacial score (nSPS) is 31.2. The zero-order valence-corrected chi connectivity index (χ0v) is 17.2. The maximum Gasteiger partial charge on any atom is 0.332 e. The Bertz CT molecular complexity index is 863. The summed E-state index contributed by atoms with van der Waals surface area (Å²) >= 11 is 0. The number of ether oxygens (including phenoxy) is 1. The summed E-state index contributed by atoms with van der Waals surface area (Å²) in [6.07, 6.45) is -8.66. The third-order valence-electron chi connectivity index (χ3n) is 6.00. The minimum absolute atomic E-state index is 0.334. The Hall–Kier alpha value is -2.63. The summed E-state index contributed by atoms with van der Waals surface area (Å²) in [5, 5.41) is 40.7. The van der Waals surface area contributed by atoms with Crippen LogP contribution in [0.25, 0.3) is 5.57 Å². The number of hydrogen-bond acceptors (Lipinski definition) is 8. The molecule has 5 atom stereocenters. The second-order valence-electron chi connectivity index (χ2n) is 7.88. The molecule has 0 radical (unpaired) electrons. The molecular formula is C21H26N2O8. The molecule has 4 amide bonds. The van der Waals surface area contributed by atoms with E-state index in [9.17, 15) is 34.8 Å². The number of carbonyl (C=O) groups excluding carboxylic acids is 3. The SMILES string of the molecule is C=C(CC1([C@@H]2O[C@H](CO)[C@@H](O)[C@H](O)[C@H]2O)C(=O)N(C)C(=O)N(C)C1=O)c1ccccc1. The molecule has 10 nitrogen and oxygen atoms in total. The predicted octanol–water partition coefficient (Wildman–Crippen LogP) is -1.03. The molecule has 0 aromatic heterocycles. The van der Waals surface area contributed by atoms with Crippen LogP contribution < -0.4 is 0 Å². The smallest absolute Gasteiger partial charge is 0.332 e. The minimum Gasteiger partial charge on any atom is -0.394 e. The van der Waals surface area contributed by atoms with Crippen LogP contribution in [-0.2, 0) is 14.3 Å². The topological polar surface area (TPSA) is 148 Å². The van der Waals surface area contributed by atoms with Gasteiger partial charge in [-0.2, -0.15) is 0 Å². The molecule has 0 spiro atoms. The molecule has 2 aliphatic rings. The number of rotatable bonds is 5. The van der Waals surface area contributed by atoms with Gasteiger partial charge in [-0.3, -0.25) is 19.4 Å². The minimum atomic E-state index is -2.17.